The normalized spacial score (nSPS) is 12.1. The van der Waals surface area contributed by atoms with E-state index in [2.05, 4.69) is 10.2 Å². The Balaban J connectivity index is 1.59. The number of rotatable bonds is 6. The van der Waals surface area contributed by atoms with E-state index in [9.17, 15) is 9.59 Å². The molecule has 0 aliphatic carbocycles. The summed E-state index contributed by atoms with van der Waals surface area (Å²) in [6.07, 6.45) is -0.560. The molecule has 0 N–H and O–H groups in total. The smallest absolute Gasteiger partial charge is 0.308 e. The highest BCUT2D eigenvalue weighted by atomic mass is 32.1. The number of thiazole rings is 1. The van der Waals surface area contributed by atoms with Gasteiger partial charge in [0, 0.05) is 23.2 Å². The van der Waals surface area contributed by atoms with Gasteiger partial charge in [-0.3, -0.25) is 9.59 Å². The lowest BCUT2D eigenvalue weighted by Gasteiger charge is -2.10. The minimum absolute atomic E-state index is 0.0806. The zero-order valence-corrected chi connectivity index (χ0v) is 15.6. The first-order valence-electron chi connectivity index (χ1n) is 8.19. The number of carbonyl (C=O) groups excluding carboxylic acids is 1. The van der Waals surface area contributed by atoms with Crippen molar-refractivity contribution in [3.8, 4) is 11.5 Å². The fourth-order valence-corrected chi connectivity index (χ4v) is 3.16. The van der Waals surface area contributed by atoms with Crippen LogP contribution in [0.5, 0.6) is 0 Å². The number of ether oxygens (including phenoxy) is 1. The van der Waals surface area contributed by atoms with Crippen molar-refractivity contribution in [2.24, 2.45) is 0 Å². The molecular formula is C18H19N3O4S. The number of carbonyl (C=O) groups is 1. The van der Waals surface area contributed by atoms with Crippen LogP contribution in [0.1, 0.15) is 36.6 Å². The van der Waals surface area contributed by atoms with E-state index < -0.39 is 12.1 Å². The number of benzene rings is 1. The van der Waals surface area contributed by atoms with Crippen LogP contribution < -0.4 is 4.87 Å². The van der Waals surface area contributed by atoms with Crippen molar-refractivity contribution in [2.75, 3.05) is 0 Å². The Bertz CT molecular complexity index is 955. The van der Waals surface area contributed by atoms with Crippen LogP contribution >= 0.6 is 11.3 Å². The van der Waals surface area contributed by atoms with Crippen LogP contribution in [0.15, 0.2) is 38.9 Å². The molecule has 3 rings (SSSR count). The summed E-state index contributed by atoms with van der Waals surface area (Å²) in [5.41, 5.74) is 2.77. The Morgan fingerprint density at radius 3 is 2.65 bits per heavy atom. The maximum atomic E-state index is 12.0. The van der Waals surface area contributed by atoms with Crippen LogP contribution in [0.2, 0.25) is 0 Å². The molecule has 0 saturated heterocycles. The fraction of sp³-hybridized carbons (Fsp3) is 0.333. The molecule has 26 heavy (non-hydrogen) atoms. The molecule has 1 aromatic carbocycles. The number of aryl methyl sites for hydroxylation is 2. The quantitative estimate of drug-likeness (QED) is 0.616. The first-order valence-corrected chi connectivity index (χ1v) is 9.07. The van der Waals surface area contributed by atoms with Gasteiger partial charge in [0.25, 0.3) is 5.89 Å². The molecule has 0 radical (unpaired) electrons. The van der Waals surface area contributed by atoms with Gasteiger partial charge in [0.05, 0.1) is 6.42 Å². The first kappa shape index (κ1) is 18.1. The highest BCUT2D eigenvalue weighted by Crippen LogP contribution is 2.23. The van der Waals surface area contributed by atoms with Crippen molar-refractivity contribution in [3.05, 3.63) is 56.5 Å². The molecule has 2 heterocycles. The molecule has 0 bridgehead atoms. The molecule has 8 heteroatoms. The number of nitrogens with zero attached hydrogens (tertiary/aromatic N) is 3. The van der Waals surface area contributed by atoms with Crippen molar-refractivity contribution >= 4 is 17.3 Å². The summed E-state index contributed by atoms with van der Waals surface area (Å²) in [6.45, 7) is 5.79. The lowest BCUT2D eigenvalue weighted by molar-refractivity contribution is -0.149. The van der Waals surface area contributed by atoms with Crippen LogP contribution in [0.3, 0.4) is 0 Å². The lowest BCUT2D eigenvalue weighted by atomic mass is 10.1. The number of esters is 1. The van der Waals surface area contributed by atoms with Gasteiger partial charge >= 0.3 is 10.8 Å². The van der Waals surface area contributed by atoms with E-state index >= 15 is 0 Å². The van der Waals surface area contributed by atoms with Crippen LogP contribution in [0, 0.1) is 13.8 Å². The molecule has 2 aromatic heterocycles. The SMILES string of the molecule is Cc1ccc(-c2nnc(C(C)OC(=O)CCn3c(C)csc3=O)o2)cc1. The second-order valence-electron chi connectivity index (χ2n) is 5.99. The standard InChI is InChI=1S/C18H19N3O4S/c1-11-4-6-14(7-5-11)17-20-19-16(25-17)13(3)24-15(22)8-9-21-12(2)10-26-18(21)23/h4-7,10,13H,8-9H2,1-3H3. The summed E-state index contributed by atoms with van der Waals surface area (Å²) >= 11 is 1.12. The van der Waals surface area contributed by atoms with E-state index in [4.69, 9.17) is 9.15 Å². The van der Waals surface area contributed by atoms with Gasteiger partial charge in [0.15, 0.2) is 6.10 Å². The van der Waals surface area contributed by atoms with Crippen LogP contribution in [-0.2, 0) is 16.1 Å². The number of hydrogen-bond donors (Lipinski definition) is 0. The molecule has 136 valence electrons. The fourth-order valence-electron chi connectivity index (χ4n) is 2.40. The zero-order chi connectivity index (χ0) is 18.7. The van der Waals surface area contributed by atoms with Crippen molar-refractivity contribution in [1.29, 1.82) is 0 Å². The number of hydrogen-bond acceptors (Lipinski definition) is 7. The first-order chi connectivity index (χ1) is 12.4. The van der Waals surface area contributed by atoms with Gasteiger partial charge in [0.1, 0.15) is 0 Å². The molecule has 0 spiro atoms. The van der Waals surface area contributed by atoms with E-state index in [0.29, 0.717) is 5.89 Å². The van der Waals surface area contributed by atoms with Crippen LogP contribution in [0.4, 0.5) is 0 Å². The van der Waals surface area contributed by atoms with E-state index in [-0.39, 0.29) is 23.7 Å². The Morgan fingerprint density at radius 1 is 1.27 bits per heavy atom. The maximum absolute atomic E-state index is 12.0. The summed E-state index contributed by atoms with van der Waals surface area (Å²) in [7, 11) is 0. The van der Waals surface area contributed by atoms with Crippen molar-refractivity contribution in [2.45, 2.75) is 39.8 Å². The minimum Gasteiger partial charge on any atom is -0.453 e. The van der Waals surface area contributed by atoms with Crippen LogP contribution in [-0.4, -0.2) is 20.7 Å². The van der Waals surface area contributed by atoms with Gasteiger partial charge in [0.2, 0.25) is 5.89 Å². The van der Waals surface area contributed by atoms with E-state index in [0.717, 1.165) is 28.2 Å². The Labute approximate surface area is 154 Å². The Morgan fingerprint density at radius 2 is 2.00 bits per heavy atom. The number of aromatic nitrogens is 3. The summed E-state index contributed by atoms with van der Waals surface area (Å²) < 4.78 is 12.5. The van der Waals surface area contributed by atoms with Gasteiger partial charge < -0.3 is 13.7 Å². The summed E-state index contributed by atoms with van der Waals surface area (Å²) in [4.78, 5) is 23.6. The Hall–Kier alpha value is -2.74. The topological polar surface area (TPSA) is 87.2 Å². The molecule has 3 aromatic rings. The Kier molecular flexibility index (Phi) is 5.32. The monoisotopic (exact) mass is 373 g/mol. The van der Waals surface area contributed by atoms with Crippen LogP contribution in [0.25, 0.3) is 11.5 Å². The van der Waals surface area contributed by atoms with Gasteiger partial charge in [-0.05, 0) is 32.9 Å². The summed E-state index contributed by atoms with van der Waals surface area (Å²) in [5.74, 6) is 0.186. The molecule has 0 aliphatic heterocycles. The summed E-state index contributed by atoms with van der Waals surface area (Å²) in [6, 6.07) is 7.70. The predicted octanol–water partition coefficient (Wildman–Crippen LogP) is 3.27. The van der Waals surface area contributed by atoms with Gasteiger partial charge in [-0.2, -0.15) is 0 Å². The second-order valence-corrected chi connectivity index (χ2v) is 6.81. The van der Waals surface area contributed by atoms with Crippen molar-refractivity contribution in [3.63, 3.8) is 0 Å². The molecule has 0 amide bonds. The maximum Gasteiger partial charge on any atom is 0.308 e. The largest absolute Gasteiger partial charge is 0.453 e. The third-order valence-electron chi connectivity index (χ3n) is 3.91. The third kappa shape index (κ3) is 4.08. The molecular weight excluding hydrogens is 354 g/mol. The average Bonchev–Trinajstić information content (AvgIpc) is 3.22. The summed E-state index contributed by atoms with van der Waals surface area (Å²) in [5, 5.41) is 9.73. The lowest BCUT2D eigenvalue weighted by Crippen LogP contribution is -2.18. The van der Waals surface area contributed by atoms with E-state index in [1.165, 1.54) is 0 Å². The predicted molar refractivity (Wildman–Crippen MR) is 96.9 cm³/mol. The molecule has 0 saturated carbocycles. The second kappa shape index (κ2) is 7.65. The van der Waals surface area contributed by atoms with Gasteiger partial charge in [-0.25, -0.2) is 0 Å². The minimum atomic E-state index is -0.658. The molecule has 1 unspecified atom stereocenters. The van der Waals surface area contributed by atoms with Gasteiger partial charge in [-0.1, -0.05) is 29.0 Å². The van der Waals surface area contributed by atoms with E-state index in [1.54, 1.807) is 16.9 Å². The highest BCUT2D eigenvalue weighted by Gasteiger charge is 2.19. The molecule has 1 atom stereocenters. The third-order valence-corrected chi connectivity index (χ3v) is 4.79. The average molecular weight is 373 g/mol. The molecule has 0 fully saturated rings. The van der Waals surface area contributed by atoms with Crippen molar-refractivity contribution < 1.29 is 13.9 Å². The zero-order valence-electron chi connectivity index (χ0n) is 14.8. The van der Waals surface area contributed by atoms with E-state index in [1.807, 2.05) is 38.1 Å². The highest BCUT2D eigenvalue weighted by molar-refractivity contribution is 7.07. The molecule has 7 nitrogen and oxygen atoms in total. The molecule has 0 aliphatic rings. The van der Waals surface area contributed by atoms with Gasteiger partial charge in [-0.15, -0.1) is 10.2 Å². The van der Waals surface area contributed by atoms with Crippen molar-refractivity contribution in [1.82, 2.24) is 14.8 Å².